The number of carbonyl (C=O) groups is 3. The van der Waals surface area contributed by atoms with Crippen molar-refractivity contribution in [2.45, 2.75) is 117 Å². The highest BCUT2D eigenvalue weighted by atomic mass is 16.7. The van der Waals surface area contributed by atoms with Crippen LogP contribution >= 0.6 is 0 Å². The van der Waals surface area contributed by atoms with Gasteiger partial charge in [-0.25, -0.2) is 9.59 Å². The van der Waals surface area contributed by atoms with E-state index in [1.54, 1.807) is 19.2 Å². The molecule has 3 aliphatic carbocycles. The Bertz CT molecular complexity index is 1580. The summed E-state index contributed by atoms with van der Waals surface area (Å²) in [5, 5.41) is 34.0. The number of carbonyl (C=O) groups excluding carboxylic acids is 3. The molecule has 51 heavy (non-hydrogen) atoms. The molecule has 0 radical (unpaired) electrons. The highest BCUT2D eigenvalue weighted by molar-refractivity contribution is 5.89. The summed E-state index contributed by atoms with van der Waals surface area (Å²) in [5.41, 5.74) is -0.513. The van der Waals surface area contributed by atoms with Gasteiger partial charge >= 0.3 is 17.9 Å². The molecule has 2 saturated carbocycles. The van der Waals surface area contributed by atoms with Crippen LogP contribution in [0, 0.1) is 40.9 Å². The van der Waals surface area contributed by atoms with Gasteiger partial charge in [-0.15, -0.1) is 0 Å². The van der Waals surface area contributed by atoms with E-state index in [9.17, 15) is 29.7 Å². The van der Waals surface area contributed by atoms with Crippen LogP contribution in [-0.4, -0.2) is 95.5 Å². The minimum absolute atomic E-state index is 0.0126. The van der Waals surface area contributed by atoms with E-state index in [0.717, 1.165) is 17.7 Å². The van der Waals surface area contributed by atoms with Crippen LogP contribution in [0.25, 0.3) is 0 Å². The minimum Gasteiger partial charge on any atom is -0.502 e. The van der Waals surface area contributed by atoms with Crippen LogP contribution in [0.2, 0.25) is 0 Å². The van der Waals surface area contributed by atoms with Gasteiger partial charge < -0.3 is 48.7 Å². The highest BCUT2D eigenvalue weighted by Crippen LogP contribution is 2.70. The maximum absolute atomic E-state index is 13.5. The summed E-state index contributed by atoms with van der Waals surface area (Å²) in [6, 6.07) is 3.44. The van der Waals surface area contributed by atoms with E-state index in [2.05, 4.69) is 11.9 Å². The quantitative estimate of drug-likeness (QED) is 0.161. The van der Waals surface area contributed by atoms with E-state index in [1.165, 1.54) is 6.92 Å². The Morgan fingerprint density at radius 2 is 1.82 bits per heavy atom. The van der Waals surface area contributed by atoms with E-state index in [-0.39, 0.29) is 49.0 Å². The molecule has 0 bridgehead atoms. The molecule has 5 aliphatic rings. The van der Waals surface area contributed by atoms with Crippen LogP contribution in [-0.2, 0) is 38.0 Å². The summed E-state index contributed by atoms with van der Waals surface area (Å²) >= 11 is 0. The number of aryl methyl sites for hydroxylation is 1. The third-order valence-corrected chi connectivity index (χ3v) is 13.1. The Morgan fingerprint density at radius 1 is 1.08 bits per heavy atom. The van der Waals surface area contributed by atoms with Gasteiger partial charge in [-0.3, -0.25) is 4.79 Å². The van der Waals surface area contributed by atoms with E-state index in [0.29, 0.717) is 25.7 Å². The third-order valence-electron chi connectivity index (χ3n) is 13.1. The minimum atomic E-state index is -1.59. The molecule has 3 fully saturated rings. The molecule has 0 aromatic carbocycles. The van der Waals surface area contributed by atoms with Crippen molar-refractivity contribution in [3.05, 3.63) is 46.5 Å². The van der Waals surface area contributed by atoms with E-state index in [4.69, 9.17) is 28.4 Å². The summed E-state index contributed by atoms with van der Waals surface area (Å²) in [5.74, 6) is -3.84. The fourth-order valence-electron chi connectivity index (χ4n) is 10.6. The van der Waals surface area contributed by atoms with Crippen LogP contribution in [0.5, 0.6) is 0 Å². The van der Waals surface area contributed by atoms with Gasteiger partial charge in [-0.2, -0.15) is 0 Å². The van der Waals surface area contributed by atoms with Gasteiger partial charge in [0.05, 0.1) is 35.9 Å². The monoisotopic (exact) mass is 715 g/mol. The van der Waals surface area contributed by atoms with Gasteiger partial charge in [-0.05, 0) is 75.8 Å². The van der Waals surface area contributed by atoms with Gasteiger partial charge in [-0.1, -0.05) is 25.5 Å². The Morgan fingerprint density at radius 3 is 2.43 bits per heavy atom. The fraction of sp³-hybridized carbons (Fsp3) is 0.711. The third kappa shape index (κ3) is 6.32. The molecule has 1 aromatic rings. The van der Waals surface area contributed by atoms with Gasteiger partial charge in [0, 0.05) is 43.9 Å². The van der Waals surface area contributed by atoms with Crippen molar-refractivity contribution in [2.24, 2.45) is 34.0 Å². The number of hydrogen-bond donors (Lipinski definition) is 4. The van der Waals surface area contributed by atoms with Crippen molar-refractivity contribution in [1.82, 2.24) is 4.98 Å². The number of fused-ring (bicyclic) bond motifs is 3. The standard InChI is InChI=1S/C38H53NO12/c1-19-8-12-25-36(5,31(19)30-32(42)35(45)51-34(30)44)15-14-26-37(25,6)27(41)16-28(50-22(4)40)38(26,18-48-33(43)23-10-9-20(2)39-23)17-47-29-13-11-24(46-7)21(3)49-29/h8-10,21,24-29,31,34,39,41-42,44H,11-18H2,1-7H3/t21?,24?,25-,26?,27-,28+,29?,31-,34?,36+,37+,38+/m0/s1. The zero-order valence-electron chi connectivity index (χ0n) is 30.6. The summed E-state index contributed by atoms with van der Waals surface area (Å²) in [7, 11) is 1.65. The fourth-order valence-corrected chi connectivity index (χ4v) is 10.6. The molecule has 282 valence electrons. The maximum atomic E-state index is 13.5. The van der Waals surface area contributed by atoms with Gasteiger partial charge in [0.1, 0.15) is 18.4 Å². The van der Waals surface area contributed by atoms with Crippen LogP contribution in [0.4, 0.5) is 0 Å². The summed E-state index contributed by atoms with van der Waals surface area (Å²) in [6.07, 6.45) is 0.680. The zero-order valence-corrected chi connectivity index (χ0v) is 30.6. The number of ether oxygens (including phenoxy) is 6. The lowest BCUT2D eigenvalue weighted by molar-refractivity contribution is -0.285. The van der Waals surface area contributed by atoms with Gasteiger partial charge in [0.2, 0.25) is 12.0 Å². The number of methoxy groups -OCH3 is 1. The summed E-state index contributed by atoms with van der Waals surface area (Å²) in [4.78, 5) is 41.6. The molecule has 6 rings (SSSR count). The number of H-pyrrole nitrogens is 1. The van der Waals surface area contributed by atoms with Gasteiger partial charge in [0.15, 0.2) is 6.29 Å². The lowest BCUT2D eigenvalue weighted by atomic mass is 9.38. The zero-order chi connectivity index (χ0) is 37.0. The van der Waals surface area contributed by atoms with Gasteiger partial charge in [0.25, 0.3) is 0 Å². The molecule has 12 atom stereocenters. The first-order chi connectivity index (χ1) is 24.1. The highest BCUT2D eigenvalue weighted by Gasteiger charge is 2.70. The Balaban J connectivity index is 1.42. The topological polar surface area (TPSA) is 183 Å². The van der Waals surface area contributed by atoms with Crippen molar-refractivity contribution < 1.29 is 58.1 Å². The van der Waals surface area contributed by atoms with Crippen molar-refractivity contribution >= 4 is 17.9 Å². The Labute approximate surface area is 298 Å². The Kier molecular flexibility index (Phi) is 10.3. The summed E-state index contributed by atoms with van der Waals surface area (Å²) in [6.45, 7) is 11.0. The molecule has 4 N–H and O–H groups in total. The van der Waals surface area contributed by atoms with Crippen molar-refractivity contribution in [3.63, 3.8) is 0 Å². The van der Waals surface area contributed by atoms with E-state index < -0.39 is 76.5 Å². The number of allylic oxidation sites excluding steroid dienone is 2. The predicted molar refractivity (Wildman–Crippen MR) is 181 cm³/mol. The number of aromatic nitrogens is 1. The first kappa shape index (κ1) is 37.5. The molecule has 13 heteroatoms. The molecular weight excluding hydrogens is 662 g/mol. The molecule has 5 unspecified atom stereocenters. The number of rotatable bonds is 9. The second-order valence-electron chi connectivity index (χ2n) is 15.8. The van der Waals surface area contributed by atoms with E-state index >= 15 is 0 Å². The maximum Gasteiger partial charge on any atom is 0.376 e. The second kappa shape index (κ2) is 14.0. The van der Waals surface area contributed by atoms with Crippen molar-refractivity contribution in [1.29, 1.82) is 0 Å². The van der Waals surface area contributed by atoms with Crippen LogP contribution in [0.15, 0.2) is 35.1 Å². The molecule has 13 nitrogen and oxygen atoms in total. The second-order valence-corrected chi connectivity index (χ2v) is 15.8. The van der Waals surface area contributed by atoms with Crippen LogP contribution in [0.1, 0.15) is 89.3 Å². The first-order valence-corrected chi connectivity index (χ1v) is 18.0. The number of aliphatic hydroxyl groups excluding tert-OH is 3. The average Bonchev–Trinajstić information content (AvgIpc) is 3.61. The lowest BCUT2D eigenvalue weighted by Gasteiger charge is -2.68. The first-order valence-electron chi connectivity index (χ1n) is 18.0. The molecular formula is C38H53NO12. The lowest BCUT2D eigenvalue weighted by Crippen LogP contribution is -2.69. The number of cyclic esters (lactones) is 1. The van der Waals surface area contributed by atoms with E-state index in [1.807, 2.05) is 33.8 Å². The number of aliphatic hydroxyl groups is 3. The van der Waals surface area contributed by atoms with Crippen LogP contribution in [0.3, 0.4) is 0 Å². The average molecular weight is 716 g/mol. The molecule has 0 spiro atoms. The summed E-state index contributed by atoms with van der Waals surface area (Å²) < 4.78 is 35.6. The van der Waals surface area contributed by atoms with Crippen molar-refractivity contribution in [2.75, 3.05) is 20.3 Å². The largest absolute Gasteiger partial charge is 0.502 e. The molecule has 1 saturated heterocycles. The molecule has 3 heterocycles. The molecule has 2 aliphatic heterocycles. The SMILES string of the molecule is COC1CCC(OC[C@@]2(COC(=O)c3ccc(C)[nH]3)C3CC[C@@]4(C)[C@H](C5=C(O)C(=O)OC5O)C(C)=CC[C@@H]4[C@@]3(C)[C@@H](O)C[C@H]2OC(C)=O)OC1C. The van der Waals surface area contributed by atoms with Crippen molar-refractivity contribution in [3.8, 4) is 0 Å². The van der Waals surface area contributed by atoms with Crippen LogP contribution < -0.4 is 0 Å². The number of esters is 3. The molecule has 1 aromatic heterocycles. The Hall–Kier alpha value is -3.23. The number of hydrogen-bond acceptors (Lipinski definition) is 12. The smallest absolute Gasteiger partial charge is 0.376 e. The number of aromatic amines is 1. The normalized spacial score (nSPS) is 40.9. The molecule has 0 amide bonds. The number of nitrogens with one attached hydrogen (secondary N) is 1. The predicted octanol–water partition coefficient (Wildman–Crippen LogP) is 4.41.